The minimum absolute atomic E-state index is 0.114. The van der Waals surface area contributed by atoms with E-state index in [1.165, 1.54) is 4.90 Å². The largest absolute Gasteiger partial charge is 0.504 e. The number of piperazine rings is 1. The fourth-order valence-corrected chi connectivity index (χ4v) is 3.14. The number of carbonyl (C=O) groups is 1. The Kier molecular flexibility index (Phi) is 4.49. The number of nitrogens with zero attached hydrogens (tertiary/aromatic N) is 2. The summed E-state index contributed by atoms with van der Waals surface area (Å²) in [7, 11) is 0. The molecule has 2 unspecified atom stereocenters. The number of aromatic nitrogens is 2. The van der Waals surface area contributed by atoms with Gasteiger partial charge in [-0.25, -0.2) is 4.79 Å². The fraction of sp³-hybridized carbons (Fsp3) is 0.714. The number of aromatic hydroxyl groups is 1. The maximum atomic E-state index is 11.3. The summed E-state index contributed by atoms with van der Waals surface area (Å²) in [4.78, 5) is 12.7. The van der Waals surface area contributed by atoms with Crippen molar-refractivity contribution in [1.29, 1.82) is 0 Å². The first-order valence-corrected chi connectivity index (χ1v) is 7.75. The zero-order valence-corrected chi connectivity index (χ0v) is 12.4. The zero-order chi connectivity index (χ0) is 15.5. The number of nitrogens with one attached hydrogen (secondary N) is 2. The lowest BCUT2D eigenvalue weighted by molar-refractivity contribution is 0.0110. The van der Waals surface area contributed by atoms with Crippen molar-refractivity contribution in [2.24, 2.45) is 0 Å². The van der Waals surface area contributed by atoms with Gasteiger partial charge in [0.25, 0.3) is 0 Å². The third kappa shape index (κ3) is 3.02. The first kappa shape index (κ1) is 15.1. The Morgan fingerprint density at radius 1 is 1.45 bits per heavy atom. The molecule has 4 N–H and O–H groups in total. The van der Waals surface area contributed by atoms with E-state index in [2.05, 4.69) is 15.5 Å². The first-order valence-electron chi connectivity index (χ1n) is 7.75. The number of carboxylic acid groups (broad SMARTS) is 1. The van der Waals surface area contributed by atoms with Crippen LogP contribution in [0.25, 0.3) is 0 Å². The summed E-state index contributed by atoms with van der Waals surface area (Å²) in [5.74, 6) is 0.114. The van der Waals surface area contributed by atoms with Gasteiger partial charge in [-0.1, -0.05) is 0 Å². The van der Waals surface area contributed by atoms with Crippen LogP contribution < -0.4 is 5.32 Å². The topological polar surface area (TPSA) is 111 Å². The fourth-order valence-electron chi connectivity index (χ4n) is 3.14. The monoisotopic (exact) mass is 310 g/mol. The van der Waals surface area contributed by atoms with E-state index < -0.39 is 6.09 Å². The summed E-state index contributed by atoms with van der Waals surface area (Å²) in [5, 5.41) is 29.9. The van der Waals surface area contributed by atoms with Crippen LogP contribution >= 0.6 is 0 Å². The van der Waals surface area contributed by atoms with Crippen LogP contribution in [0.3, 0.4) is 0 Å². The van der Waals surface area contributed by atoms with Gasteiger partial charge in [0.15, 0.2) is 5.75 Å². The second-order valence-corrected chi connectivity index (χ2v) is 5.83. The molecule has 8 nitrogen and oxygen atoms in total. The molecule has 0 radical (unpaired) electrons. The lowest BCUT2D eigenvalue weighted by Gasteiger charge is -2.33. The summed E-state index contributed by atoms with van der Waals surface area (Å²) in [6, 6.07) is -0.222. The van der Waals surface area contributed by atoms with Crippen molar-refractivity contribution in [3.05, 3.63) is 11.4 Å². The highest BCUT2D eigenvalue weighted by Gasteiger charge is 2.30. The molecule has 2 aliphatic heterocycles. The van der Waals surface area contributed by atoms with Crippen LogP contribution in [-0.4, -0.2) is 63.7 Å². The lowest BCUT2D eigenvalue weighted by atomic mass is 10.0. The second-order valence-electron chi connectivity index (χ2n) is 5.83. The third-order valence-electron chi connectivity index (χ3n) is 4.37. The van der Waals surface area contributed by atoms with Crippen molar-refractivity contribution in [3.8, 4) is 5.75 Å². The summed E-state index contributed by atoms with van der Waals surface area (Å²) < 4.78 is 5.66. The number of amides is 1. The van der Waals surface area contributed by atoms with Gasteiger partial charge in [0, 0.05) is 32.7 Å². The molecule has 1 aromatic rings. The van der Waals surface area contributed by atoms with E-state index in [0.29, 0.717) is 44.0 Å². The Hall–Kier alpha value is -1.80. The number of hydrogen-bond acceptors (Lipinski definition) is 5. The van der Waals surface area contributed by atoms with Gasteiger partial charge in [-0.05, 0) is 19.3 Å². The van der Waals surface area contributed by atoms with Crippen molar-refractivity contribution in [2.75, 3.05) is 26.2 Å². The minimum atomic E-state index is -0.933. The molecule has 2 atom stereocenters. The molecular formula is C14H22N4O4. The van der Waals surface area contributed by atoms with Crippen LogP contribution in [0.1, 0.15) is 36.8 Å². The lowest BCUT2D eigenvalue weighted by Crippen LogP contribution is -2.54. The maximum Gasteiger partial charge on any atom is 0.407 e. The van der Waals surface area contributed by atoms with Crippen LogP contribution in [0.15, 0.2) is 0 Å². The standard InChI is InChI=1S/C14H22N4O4/c19-13-10(7-9-8-15-4-5-18(9)14(20)21)16-17-12(13)11-3-1-2-6-22-11/h9,11,15,19H,1-8H2,(H,16,17)(H,20,21). The Morgan fingerprint density at radius 3 is 3.05 bits per heavy atom. The number of H-pyrrole nitrogens is 1. The minimum Gasteiger partial charge on any atom is -0.504 e. The van der Waals surface area contributed by atoms with E-state index in [0.717, 1.165) is 19.3 Å². The molecule has 3 rings (SSSR count). The summed E-state index contributed by atoms with van der Waals surface area (Å²) in [6.07, 6.45) is 2.28. The molecule has 3 heterocycles. The molecule has 1 aromatic heterocycles. The normalized spacial score (nSPS) is 26.1. The van der Waals surface area contributed by atoms with Crippen molar-refractivity contribution < 1.29 is 19.7 Å². The molecule has 0 aromatic carbocycles. The van der Waals surface area contributed by atoms with Crippen molar-refractivity contribution in [2.45, 2.75) is 37.8 Å². The van der Waals surface area contributed by atoms with Crippen molar-refractivity contribution >= 4 is 6.09 Å². The molecule has 0 saturated carbocycles. The average Bonchev–Trinajstić information content (AvgIpc) is 2.89. The Bertz CT molecular complexity index is 527. The Labute approximate surface area is 128 Å². The molecule has 2 aliphatic rings. The van der Waals surface area contributed by atoms with Crippen molar-refractivity contribution in [3.63, 3.8) is 0 Å². The Morgan fingerprint density at radius 2 is 2.32 bits per heavy atom. The van der Waals surface area contributed by atoms with Gasteiger partial charge in [-0.3, -0.25) is 5.10 Å². The summed E-state index contributed by atoms with van der Waals surface area (Å²) in [5.41, 5.74) is 1.12. The quantitative estimate of drug-likeness (QED) is 0.659. The molecule has 0 spiro atoms. The highest BCUT2D eigenvalue weighted by molar-refractivity contribution is 5.65. The average molecular weight is 310 g/mol. The van der Waals surface area contributed by atoms with Gasteiger partial charge < -0.3 is 25.2 Å². The molecule has 1 amide bonds. The Balaban J connectivity index is 1.72. The van der Waals surface area contributed by atoms with Gasteiger partial charge >= 0.3 is 6.09 Å². The molecular weight excluding hydrogens is 288 g/mol. The van der Waals surface area contributed by atoms with E-state index >= 15 is 0 Å². The third-order valence-corrected chi connectivity index (χ3v) is 4.37. The highest BCUT2D eigenvalue weighted by atomic mass is 16.5. The van der Waals surface area contributed by atoms with Crippen LogP contribution in [0, 0.1) is 0 Å². The van der Waals surface area contributed by atoms with Gasteiger partial charge in [0.2, 0.25) is 0 Å². The van der Waals surface area contributed by atoms with Gasteiger partial charge in [-0.2, -0.15) is 5.10 Å². The maximum absolute atomic E-state index is 11.3. The molecule has 22 heavy (non-hydrogen) atoms. The number of hydrogen-bond donors (Lipinski definition) is 4. The second kappa shape index (κ2) is 6.53. The number of rotatable bonds is 3. The number of aromatic amines is 1. The van der Waals surface area contributed by atoms with Crippen LogP contribution in [0.5, 0.6) is 5.75 Å². The van der Waals surface area contributed by atoms with E-state index in [1.807, 2.05) is 0 Å². The smallest absolute Gasteiger partial charge is 0.407 e. The van der Waals surface area contributed by atoms with E-state index in [4.69, 9.17) is 4.74 Å². The van der Waals surface area contributed by atoms with Crippen molar-refractivity contribution in [1.82, 2.24) is 20.4 Å². The molecule has 0 aliphatic carbocycles. The van der Waals surface area contributed by atoms with E-state index in [9.17, 15) is 15.0 Å². The van der Waals surface area contributed by atoms with Gasteiger partial charge in [0.05, 0.1) is 6.04 Å². The summed E-state index contributed by atoms with van der Waals surface area (Å²) in [6.45, 7) is 2.35. The zero-order valence-electron chi connectivity index (χ0n) is 12.4. The van der Waals surface area contributed by atoms with Crippen LogP contribution in [0.2, 0.25) is 0 Å². The van der Waals surface area contributed by atoms with Crippen LogP contribution in [-0.2, 0) is 11.2 Å². The first-order chi connectivity index (χ1) is 10.7. The predicted octanol–water partition coefficient (Wildman–Crippen LogP) is 0.851. The molecule has 0 bridgehead atoms. The highest BCUT2D eigenvalue weighted by Crippen LogP contribution is 2.34. The van der Waals surface area contributed by atoms with Gasteiger partial charge in [-0.15, -0.1) is 0 Å². The van der Waals surface area contributed by atoms with Crippen LogP contribution in [0.4, 0.5) is 4.79 Å². The molecule has 2 fully saturated rings. The number of ether oxygens (including phenoxy) is 1. The SMILES string of the molecule is O=C(O)N1CCNCC1Cc1n[nH]c(C2CCCCO2)c1O. The van der Waals surface area contributed by atoms with E-state index in [-0.39, 0.29) is 17.9 Å². The molecule has 2 saturated heterocycles. The van der Waals surface area contributed by atoms with E-state index in [1.54, 1.807) is 0 Å². The summed E-state index contributed by atoms with van der Waals surface area (Å²) >= 11 is 0. The molecule has 8 heteroatoms. The predicted molar refractivity (Wildman–Crippen MR) is 77.9 cm³/mol. The van der Waals surface area contributed by atoms with Gasteiger partial charge in [0.1, 0.15) is 17.5 Å². The molecule has 122 valence electrons.